The van der Waals surface area contributed by atoms with Crippen LogP contribution >= 0.6 is 0 Å². The highest BCUT2D eigenvalue weighted by Gasteiger charge is 2.15. The summed E-state index contributed by atoms with van der Waals surface area (Å²) < 4.78 is 13.2. The second kappa shape index (κ2) is 9.14. The van der Waals surface area contributed by atoms with Gasteiger partial charge in [0.1, 0.15) is 5.82 Å². The molecular formula is C24H26FN5O. The third-order valence-corrected chi connectivity index (χ3v) is 5.51. The van der Waals surface area contributed by atoms with Crippen LogP contribution in [-0.2, 0) is 6.42 Å². The van der Waals surface area contributed by atoms with Crippen LogP contribution in [0.25, 0.3) is 0 Å². The van der Waals surface area contributed by atoms with Crippen LogP contribution in [0.2, 0.25) is 0 Å². The van der Waals surface area contributed by atoms with E-state index in [2.05, 4.69) is 39.3 Å². The molecule has 0 saturated carbocycles. The average molecular weight is 420 g/mol. The summed E-state index contributed by atoms with van der Waals surface area (Å²) in [7, 11) is 2.14. The lowest BCUT2D eigenvalue weighted by Gasteiger charge is -2.34. The minimum atomic E-state index is -0.593. The minimum Gasteiger partial charge on any atom is -0.369 e. The molecule has 0 bridgehead atoms. The topological polar surface area (TPSA) is 74.5 Å². The number of halogens is 1. The Morgan fingerprint density at radius 2 is 1.71 bits per heavy atom. The first-order chi connectivity index (χ1) is 15.0. The predicted molar refractivity (Wildman–Crippen MR) is 121 cm³/mol. The third-order valence-electron chi connectivity index (χ3n) is 5.51. The van der Waals surface area contributed by atoms with Gasteiger partial charge in [0.05, 0.1) is 5.69 Å². The highest BCUT2D eigenvalue weighted by atomic mass is 19.1. The molecule has 2 heterocycles. The van der Waals surface area contributed by atoms with Gasteiger partial charge in [0.25, 0.3) is 5.91 Å². The molecule has 0 atom stereocenters. The molecule has 0 spiro atoms. The van der Waals surface area contributed by atoms with Crippen LogP contribution < -0.4 is 16.0 Å². The smallest absolute Gasteiger partial charge is 0.269 e. The lowest BCUT2D eigenvalue weighted by Crippen LogP contribution is -2.44. The van der Waals surface area contributed by atoms with Crippen molar-refractivity contribution in [2.75, 3.05) is 43.4 Å². The number of carbonyl (C=O) groups is 1. The maximum atomic E-state index is 13.2. The number of hydrogen-bond donors (Lipinski definition) is 2. The highest BCUT2D eigenvalue weighted by molar-refractivity contribution is 5.97. The molecule has 1 saturated heterocycles. The molecule has 7 heteroatoms. The summed E-state index contributed by atoms with van der Waals surface area (Å²) in [6.07, 6.45) is 2.20. The van der Waals surface area contributed by atoms with Gasteiger partial charge in [-0.3, -0.25) is 4.79 Å². The van der Waals surface area contributed by atoms with E-state index in [4.69, 9.17) is 5.73 Å². The van der Waals surface area contributed by atoms with E-state index in [9.17, 15) is 9.18 Å². The quantitative estimate of drug-likeness (QED) is 0.641. The Morgan fingerprint density at radius 1 is 1.03 bits per heavy atom. The molecule has 4 rings (SSSR count). The summed E-state index contributed by atoms with van der Waals surface area (Å²) in [6.45, 7) is 4.11. The Labute approximate surface area is 181 Å². The van der Waals surface area contributed by atoms with E-state index in [1.54, 1.807) is 18.3 Å². The Balaban J connectivity index is 1.52. The minimum absolute atomic E-state index is 0.186. The normalized spacial score (nSPS) is 14.5. The van der Waals surface area contributed by atoms with Crippen LogP contribution in [0.5, 0.6) is 0 Å². The standard InChI is InChI=1S/C24H26FN5O/c1-29-10-12-30(13-11-29)21-8-6-20(7-9-21)28-22-15-18(16-27-23(22)24(26)31)14-17-2-4-19(25)5-3-17/h2-9,15-16,28H,10-14H2,1H3,(H2,26,31). The van der Waals surface area contributed by atoms with Crippen LogP contribution in [0.15, 0.2) is 60.8 Å². The van der Waals surface area contributed by atoms with E-state index in [1.165, 1.54) is 17.8 Å². The number of nitrogens with one attached hydrogen (secondary N) is 1. The fourth-order valence-electron chi connectivity index (χ4n) is 3.71. The number of likely N-dealkylation sites (N-methyl/N-ethyl adjacent to an activating group) is 1. The van der Waals surface area contributed by atoms with Crippen molar-refractivity contribution in [3.05, 3.63) is 83.4 Å². The van der Waals surface area contributed by atoms with Gasteiger partial charge >= 0.3 is 0 Å². The first-order valence-corrected chi connectivity index (χ1v) is 10.3. The average Bonchev–Trinajstić information content (AvgIpc) is 2.76. The maximum Gasteiger partial charge on any atom is 0.269 e. The molecule has 3 aromatic rings. The Morgan fingerprint density at radius 3 is 2.35 bits per heavy atom. The van der Waals surface area contributed by atoms with Crippen molar-refractivity contribution in [2.24, 2.45) is 5.73 Å². The number of pyridine rings is 1. The predicted octanol–water partition coefficient (Wildman–Crippen LogP) is 3.41. The molecular weight excluding hydrogens is 393 g/mol. The molecule has 31 heavy (non-hydrogen) atoms. The number of carbonyl (C=O) groups excluding carboxylic acids is 1. The molecule has 1 aliphatic heterocycles. The van der Waals surface area contributed by atoms with Gasteiger partial charge < -0.3 is 20.9 Å². The molecule has 1 fully saturated rings. The number of anilines is 3. The first-order valence-electron chi connectivity index (χ1n) is 10.3. The van der Waals surface area contributed by atoms with Gasteiger partial charge in [-0.2, -0.15) is 0 Å². The Bertz CT molecular complexity index is 1040. The number of nitrogens with zero attached hydrogens (tertiary/aromatic N) is 3. The van der Waals surface area contributed by atoms with Gasteiger partial charge in [-0.1, -0.05) is 12.1 Å². The molecule has 1 aliphatic rings. The van der Waals surface area contributed by atoms with Crippen LogP contribution in [0, 0.1) is 5.82 Å². The maximum absolute atomic E-state index is 13.2. The third kappa shape index (κ3) is 5.19. The van der Waals surface area contributed by atoms with Gasteiger partial charge in [-0.15, -0.1) is 0 Å². The first kappa shape index (κ1) is 20.8. The molecule has 160 valence electrons. The van der Waals surface area contributed by atoms with E-state index in [-0.39, 0.29) is 11.5 Å². The summed E-state index contributed by atoms with van der Waals surface area (Å²) in [5, 5.41) is 3.28. The van der Waals surface area contributed by atoms with Crippen molar-refractivity contribution in [1.82, 2.24) is 9.88 Å². The molecule has 0 aliphatic carbocycles. The van der Waals surface area contributed by atoms with Crippen molar-refractivity contribution in [3.63, 3.8) is 0 Å². The van der Waals surface area contributed by atoms with Crippen LogP contribution in [0.1, 0.15) is 21.6 Å². The number of amides is 1. The molecule has 3 N–H and O–H groups in total. The molecule has 6 nitrogen and oxygen atoms in total. The number of primary amides is 1. The number of rotatable bonds is 6. The molecule has 1 aromatic heterocycles. The number of piperazine rings is 1. The second-order valence-electron chi connectivity index (χ2n) is 7.87. The van der Waals surface area contributed by atoms with Crippen molar-refractivity contribution < 1.29 is 9.18 Å². The zero-order chi connectivity index (χ0) is 21.8. The van der Waals surface area contributed by atoms with Gasteiger partial charge in [0, 0.05) is 43.8 Å². The van der Waals surface area contributed by atoms with Crippen LogP contribution in [0.3, 0.4) is 0 Å². The number of nitrogens with two attached hydrogens (primary N) is 1. The van der Waals surface area contributed by atoms with Gasteiger partial charge in [-0.05, 0) is 67.1 Å². The molecule has 1 amide bonds. The Hall–Kier alpha value is -3.45. The van der Waals surface area contributed by atoms with Gasteiger partial charge in [-0.25, -0.2) is 9.37 Å². The van der Waals surface area contributed by atoms with E-state index in [0.29, 0.717) is 12.1 Å². The monoisotopic (exact) mass is 419 g/mol. The zero-order valence-electron chi connectivity index (χ0n) is 17.5. The fraction of sp³-hybridized carbons (Fsp3) is 0.250. The summed E-state index contributed by atoms with van der Waals surface area (Å²) in [5.41, 5.74) is 10.1. The summed E-state index contributed by atoms with van der Waals surface area (Å²) >= 11 is 0. The van der Waals surface area contributed by atoms with E-state index >= 15 is 0 Å². The van der Waals surface area contributed by atoms with E-state index in [0.717, 1.165) is 43.0 Å². The molecule has 2 aromatic carbocycles. The number of aromatic nitrogens is 1. The lowest BCUT2D eigenvalue weighted by atomic mass is 10.1. The largest absolute Gasteiger partial charge is 0.369 e. The SMILES string of the molecule is CN1CCN(c2ccc(Nc3cc(Cc4ccc(F)cc4)cnc3C(N)=O)cc2)CC1. The fourth-order valence-corrected chi connectivity index (χ4v) is 3.71. The van der Waals surface area contributed by atoms with E-state index < -0.39 is 5.91 Å². The summed E-state index contributed by atoms with van der Waals surface area (Å²) in [5.74, 6) is -0.863. The molecule has 0 radical (unpaired) electrons. The summed E-state index contributed by atoms with van der Waals surface area (Å²) in [4.78, 5) is 20.8. The Kier molecular flexibility index (Phi) is 6.13. The van der Waals surface area contributed by atoms with Crippen molar-refractivity contribution >= 4 is 23.0 Å². The van der Waals surface area contributed by atoms with E-state index in [1.807, 2.05) is 18.2 Å². The zero-order valence-corrected chi connectivity index (χ0v) is 17.5. The lowest BCUT2D eigenvalue weighted by molar-refractivity contribution is 0.0996. The van der Waals surface area contributed by atoms with Crippen LogP contribution in [0.4, 0.5) is 21.5 Å². The van der Waals surface area contributed by atoms with Crippen molar-refractivity contribution in [1.29, 1.82) is 0 Å². The van der Waals surface area contributed by atoms with Crippen LogP contribution in [-0.4, -0.2) is 49.0 Å². The number of benzene rings is 2. The van der Waals surface area contributed by atoms with Crippen molar-refractivity contribution in [3.8, 4) is 0 Å². The number of hydrogen-bond acceptors (Lipinski definition) is 5. The second-order valence-corrected chi connectivity index (χ2v) is 7.87. The van der Waals surface area contributed by atoms with Gasteiger partial charge in [0.15, 0.2) is 5.69 Å². The van der Waals surface area contributed by atoms with Crippen molar-refractivity contribution in [2.45, 2.75) is 6.42 Å². The summed E-state index contributed by atoms with van der Waals surface area (Å²) in [6, 6.07) is 16.3. The van der Waals surface area contributed by atoms with Gasteiger partial charge in [0.2, 0.25) is 0 Å². The highest BCUT2D eigenvalue weighted by Crippen LogP contribution is 2.25. The molecule has 0 unspecified atom stereocenters.